The zero-order valence-electron chi connectivity index (χ0n) is 15.4. The van der Waals surface area contributed by atoms with Gasteiger partial charge in [-0.25, -0.2) is 4.98 Å². The van der Waals surface area contributed by atoms with Crippen LogP contribution in [0.15, 0.2) is 41.7 Å². The standard InChI is InChI=1S/C21H21N5O2/c27-20-15(10-13-4-1-2-6-16(13)25-20)21(28)26-9-7-17-18(24-12-23-17)19(26)14-5-3-8-22-11-14/h3,5,8,10-12,19H,1-2,4,6-7,9H2,(H,23,24)(H,25,27). The molecule has 1 atom stereocenters. The van der Waals surface area contributed by atoms with Crippen molar-refractivity contribution in [2.24, 2.45) is 0 Å². The summed E-state index contributed by atoms with van der Waals surface area (Å²) >= 11 is 0. The molecular weight excluding hydrogens is 354 g/mol. The van der Waals surface area contributed by atoms with E-state index in [4.69, 9.17) is 0 Å². The van der Waals surface area contributed by atoms with Crippen molar-refractivity contribution in [3.05, 3.63) is 81.0 Å². The molecule has 7 heteroatoms. The van der Waals surface area contributed by atoms with Crippen LogP contribution in [0.2, 0.25) is 0 Å². The molecule has 1 amide bonds. The van der Waals surface area contributed by atoms with Crippen molar-refractivity contribution in [1.82, 2.24) is 24.8 Å². The molecule has 142 valence electrons. The number of amides is 1. The SMILES string of the molecule is O=C(c1cc2c([nH]c1=O)CCCC2)N1CCc2[nH]cnc2C1c1cccnc1. The third-order valence-corrected chi connectivity index (χ3v) is 5.75. The molecule has 5 rings (SSSR count). The Labute approximate surface area is 161 Å². The Morgan fingerprint density at radius 1 is 1.18 bits per heavy atom. The smallest absolute Gasteiger partial charge is 0.261 e. The van der Waals surface area contributed by atoms with E-state index in [1.807, 2.05) is 12.1 Å². The molecule has 0 spiro atoms. The van der Waals surface area contributed by atoms with Gasteiger partial charge < -0.3 is 14.9 Å². The molecule has 4 heterocycles. The van der Waals surface area contributed by atoms with Gasteiger partial charge in [-0.3, -0.25) is 14.6 Å². The molecule has 0 aromatic carbocycles. The van der Waals surface area contributed by atoms with Gasteiger partial charge in [-0.2, -0.15) is 0 Å². The molecule has 0 radical (unpaired) electrons. The fourth-order valence-electron chi connectivity index (χ4n) is 4.36. The van der Waals surface area contributed by atoms with Crippen LogP contribution in [0.3, 0.4) is 0 Å². The van der Waals surface area contributed by atoms with Gasteiger partial charge in [0.1, 0.15) is 11.6 Å². The summed E-state index contributed by atoms with van der Waals surface area (Å²) in [4.78, 5) is 42.7. The Kier molecular flexibility index (Phi) is 4.07. The highest BCUT2D eigenvalue weighted by molar-refractivity contribution is 5.94. The molecule has 2 aliphatic rings. The minimum absolute atomic E-state index is 0.216. The van der Waals surface area contributed by atoms with Crippen molar-refractivity contribution in [2.45, 2.75) is 38.1 Å². The Morgan fingerprint density at radius 3 is 2.93 bits per heavy atom. The van der Waals surface area contributed by atoms with Crippen LogP contribution in [-0.2, 0) is 19.3 Å². The lowest BCUT2D eigenvalue weighted by Crippen LogP contribution is -2.43. The second-order valence-electron chi connectivity index (χ2n) is 7.43. The van der Waals surface area contributed by atoms with Gasteiger partial charge in [0, 0.05) is 36.7 Å². The highest BCUT2D eigenvalue weighted by atomic mass is 16.2. The maximum atomic E-state index is 13.5. The minimum atomic E-state index is -0.355. The lowest BCUT2D eigenvalue weighted by Gasteiger charge is -2.35. The normalized spacial score (nSPS) is 18.4. The molecule has 0 bridgehead atoms. The van der Waals surface area contributed by atoms with E-state index in [-0.39, 0.29) is 23.1 Å². The van der Waals surface area contributed by atoms with E-state index in [9.17, 15) is 9.59 Å². The number of fused-ring (bicyclic) bond motifs is 2. The fourth-order valence-corrected chi connectivity index (χ4v) is 4.36. The monoisotopic (exact) mass is 375 g/mol. The minimum Gasteiger partial charge on any atom is -0.348 e. The number of H-pyrrole nitrogens is 2. The highest BCUT2D eigenvalue weighted by Gasteiger charge is 2.35. The lowest BCUT2D eigenvalue weighted by molar-refractivity contribution is 0.0688. The summed E-state index contributed by atoms with van der Waals surface area (Å²) in [6.45, 7) is 0.518. The van der Waals surface area contributed by atoms with Gasteiger partial charge in [-0.1, -0.05) is 6.07 Å². The molecule has 1 aliphatic carbocycles. The molecule has 2 N–H and O–H groups in total. The first kappa shape index (κ1) is 16.9. The summed E-state index contributed by atoms with van der Waals surface area (Å²) in [7, 11) is 0. The first-order valence-electron chi connectivity index (χ1n) is 9.70. The largest absolute Gasteiger partial charge is 0.348 e. The van der Waals surface area contributed by atoms with Crippen LogP contribution in [0.4, 0.5) is 0 Å². The number of rotatable bonds is 2. The Morgan fingerprint density at radius 2 is 2.07 bits per heavy atom. The summed E-state index contributed by atoms with van der Waals surface area (Å²) in [6.07, 6.45) is 9.75. The molecule has 1 aliphatic heterocycles. The van der Waals surface area contributed by atoms with E-state index in [0.717, 1.165) is 53.9 Å². The van der Waals surface area contributed by atoms with Gasteiger partial charge in [0.2, 0.25) is 0 Å². The maximum absolute atomic E-state index is 13.5. The third-order valence-electron chi connectivity index (χ3n) is 5.75. The third kappa shape index (κ3) is 2.74. The molecule has 0 saturated heterocycles. The summed E-state index contributed by atoms with van der Waals surface area (Å²) in [5.74, 6) is -0.253. The number of nitrogens with one attached hydrogen (secondary N) is 2. The van der Waals surface area contributed by atoms with E-state index in [1.54, 1.807) is 29.7 Å². The predicted molar refractivity (Wildman–Crippen MR) is 103 cm³/mol. The Bertz CT molecular complexity index is 1090. The van der Waals surface area contributed by atoms with Crippen LogP contribution in [0.25, 0.3) is 0 Å². The summed E-state index contributed by atoms with van der Waals surface area (Å²) < 4.78 is 0. The number of hydrogen-bond donors (Lipinski definition) is 2. The lowest BCUT2D eigenvalue weighted by atomic mass is 9.93. The number of aromatic amines is 2. The zero-order chi connectivity index (χ0) is 19.1. The number of pyridine rings is 2. The van der Waals surface area contributed by atoms with Crippen LogP contribution >= 0.6 is 0 Å². The van der Waals surface area contributed by atoms with Gasteiger partial charge in [0.15, 0.2) is 0 Å². The molecule has 0 saturated carbocycles. The summed E-state index contributed by atoms with van der Waals surface area (Å²) in [5.41, 5.74) is 4.71. The molecule has 3 aromatic rings. The highest BCUT2D eigenvalue weighted by Crippen LogP contribution is 2.34. The molecule has 1 unspecified atom stereocenters. The molecular formula is C21H21N5O2. The van der Waals surface area contributed by atoms with Gasteiger partial charge in [0.05, 0.1) is 12.0 Å². The first-order chi connectivity index (χ1) is 13.7. The zero-order valence-corrected chi connectivity index (χ0v) is 15.4. The average molecular weight is 375 g/mol. The van der Waals surface area contributed by atoms with Gasteiger partial charge in [-0.05, 0) is 48.9 Å². The maximum Gasteiger partial charge on any atom is 0.261 e. The topological polar surface area (TPSA) is 94.7 Å². The summed E-state index contributed by atoms with van der Waals surface area (Å²) in [5, 5.41) is 0. The molecule has 28 heavy (non-hydrogen) atoms. The quantitative estimate of drug-likeness (QED) is 0.718. The van der Waals surface area contributed by atoms with E-state index in [0.29, 0.717) is 13.0 Å². The van der Waals surface area contributed by atoms with Gasteiger partial charge in [0.25, 0.3) is 11.5 Å². The van der Waals surface area contributed by atoms with E-state index in [2.05, 4.69) is 19.9 Å². The fraction of sp³-hybridized carbons (Fsp3) is 0.333. The number of aromatic nitrogens is 4. The van der Waals surface area contributed by atoms with Crippen molar-refractivity contribution in [3.63, 3.8) is 0 Å². The Hall–Kier alpha value is -3.22. The summed E-state index contributed by atoms with van der Waals surface area (Å²) in [6, 6.07) is 5.24. The van der Waals surface area contributed by atoms with Gasteiger partial charge in [-0.15, -0.1) is 0 Å². The van der Waals surface area contributed by atoms with E-state index >= 15 is 0 Å². The van der Waals surface area contributed by atoms with Crippen LogP contribution < -0.4 is 5.56 Å². The van der Waals surface area contributed by atoms with Crippen molar-refractivity contribution < 1.29 is 4.79 Å². The second-order valence-corrected chi connectivity index (χ2v) is 7.43. The Balaban J connectivity index is 1.58. The van der Waals surface area contributed by atoms with Crippen LogP contribution in [0.1, 0.15) is 57.5 Å². The first-order valence-corrected chi connectivity index (χ1v) is 9.70. The van der Waals surface area contributed by atoms with Crippen molar-refractivity contribution in [2.75, 3.05) is 6.54 Å². The predicted octanol–water partition coefficient (Wildman–Crippen LogP) is 2.16. The number of nitrogens with zero attached hydrogens (tertiary/aromatic N) is 3. The van der Waals surface area contributed by atoms with Crippen LogP contribution in [-0.4, -0.2) is 37.3 Å². The second kappa shape index (κ2) is 6.74. The van der Waals surface area contributed by atoms with E-state index in [1.165, 1.54) is 0 Å². The number of aryl methyl sites for hydroxylation is 2. The van der Waals surface area contributed by atoms with Crippen molar-refractivity contribution in [1.29, 1.82) is 0 Å². The molecule has 7 nitrogen and oxygen atoms in total. The van der Waals surface area contributed by atoms with Gasteiger partial charge >= 0.3 is 0 Å². The van der Waals surface area contributed by atoms with Crippen molar-refractivity contribution in [3.8, 4) is 0 Å². The van der Waals surface area contributed by atoms with Crippen LogP contribution in [0, 0.1) is 0 Å². The molecule has 0 fully saturated rings. The average Bonchev–Trinajstić information content (AvgIpc) is 3.21. The number of carbonyl (C=O) groups is 1. The number of imidazole rings is 1. The number of carbonyl (C=O) groups excluding carboxylic acids is 1. The van der Waals surface area contributed by atoms with Crippen LogP contribution in [0.5, 0.6) is 0 Å². The molecule has 3 aromatic heterocycles. The number of hydrogen-bond acceptors (Lipinski definition) is 4. The van der Waals surface area contributed by atoms with Crippen molar-refractivity contribution >= 4 is 5.91 Å². The van der Waals surface area contributed by atoms with E-state index < -0.39 is 0 Å².